The van der Waals surface area contributed by atoms with Crippen molar-refractivity contribution >= 4 is 34.0 Å². The average Bonchev–Trinajstić information content (AvgIpc) is 2.65. The number of hydrogen-bond donors (Lipinski definition) is 0. The van der Waals surface area contributed by atoms with E-state index in [0.29, 0.717) is 5.25 Å². The van der Waals surface area contributed by atoms with Crippen LogP contribution in [0.2, 0.25) is 0 Å². The van der Waals surface area contributed by atoms with Gasteiger partial charge in [0.15, 0.2) is 6.29 Å². The smallest absolute Gasteiger partial charge is 0.151 e. The van der Waals surface area contributed by atoms with Crippen LogP contribution in [0, 0.1) is 0 Å². The maximum absolute atomic E-state index is 10.9. The number of thioether (sulfide) groups is 1. The summed E-state index contributed by atoms with van der Waals surface area (Å²) in [5.41, 5.74) is 0.757. The molecule has 0 aliphatic carbocycles. The van der Waals surface area contributed by atoms with Gasteiger partial charge >= 0.3 is 0 Å². The third kappa shape index (κ3) is 2.67. The zero-order chi connectivity index (χ0) is 11.5. The van der Waals surface area contributed by atoms with Crippen LogP contribution in [0.3, 0.4) is 0 Å². The SMILES string of the molecule is CC1OCCC1Sc1cc(Br)ccc1C=O. The van der Waals surface area contributed by atoms with E-state index in [1.54, 1.807) is 11.8 Å². The monoisotopic (exact) mass is 300 g/mol. The molecule has 2 atom stereocenters. The van der Waals surface area contributed by atoms with Crippen LogP contribution in [-0.2, 0) is 4.74 Å². The predicted octanol–water partition coefficient (Wildman–Crippen LogP) is 3.53. The largest absolute Gasteiger partial charge is 0.377 e. The molecule has 1 aliphatic rings. The molecule has 86 valence electrons. The average molecular weight is 301 g/mol. The molecule has 2 unspecified atom stereocenters. The molecule has 2 rings (SSSR count). The molecule has 0 saturated carbocycles. The highest BCUT2D eigenvalue weighted by Gasteiger charge is 2.25. The first-order valence-corrected chi connectivity index (χ1v) is 6.91. The van der Waals surface area contributed by atoms with Gasteiger partial charge in [-0.05, 0) is 31.5 Å². The lowest BCUT2D eigenvalue weighted by Crippen LogP contribution is -2.13. The normalized spacial score (nSPS) is 24.6. The van der Waals surface area contributed by atoms with Crippen molar-refractivity contribution < 1.29 is 9.53 Å². The highest BCUT2D eigenvalue weighted by Crippen LogP contribution is 2.35. The number of halogens is 1. The number of rotatable bonds is 3. The highest BCUT2D eigenvalue weighted by molar-refractivity contribution is 9.10. The van der Waals surface area contributed by atoms with Gasteiger partial charge < -0.3 is 4.74 Å². The molecule has 0 spiro atoms. The van der Waals surface area contributed by atoms with Crippen molar-refractivity contribution in [3.05, 3.63) is 28.2 Å². The summed E-state index contributed by atoms with van der Waals surface area (Å²) in [5, 5.41) is 0.452. The minimum Gasteiger partial charge on any atom is -0.377 e. The zero-order valence-corrected chi connectivity index (χ0v) is 11.4. The summed E-state index contributed by atoms with van der Waals surface area (Å²) in [6.45, 7) is 2.91. The van der Waals surface area contributed by atoms with Gasteiger partial charge in [0.25, 0.3) is 0 Å². The summed E-state index contributed by atoms with van der Waals surface area (Å²) < 4.78 is 6.53. The third-order valence-corrected chi connectivity index (χ3v) is 4.71. The number of carbonyl (C=O) groups is 1. The Bertz CT molecular complexity index is 395. The number of aldehydes is 1. The van der Waals surface area contributed by atoms with E-state index in [-0.39, 0.29) is 6.10 Å². The Hall–Kier alpha value is -0.320. The molecule has 1 heterocycles. The first-order valence-electron chi connectivity index (χ1n) is 5.23. The van der Waals surface area contributed by atoms with Gasteiger partial charge in [0, 0.05) is 26.8 Å². The van der Waals surface area contributed by atoms with Crippen LogP contribution < -0.4 is 0 Å². The first kappa shape index (κ1) is 12.1. The number of hydrogen-bond acceptors (Lipinski definition) is 3. The minimum atomic E-state index is 0.267. The maximum atomic E-state index is 10.9. The molecule has 0 bridgehead atoms. The Kier molecular flexibility index (Phi) is 4.05. The second-order valence-corrected chi connectivity index (χ2v) is 6.02. The lowest BCUT2D eigenvalue weighted by molar-refractivity contribution is 0.112. The standard InChI is InChI=1S/C12H13BrO2S/c1-8-11(4-5-15-8)16-12-6-10(13)3-2-9(12)7-14/h2-3,6-8,11H,4-5H2,1H3. The van der Waals surface area contributed by atoms with Crippen LogP contribution in [0.15, 0.2) is 27.6 Å². The van der Waals surface area contributed by atoms with Crippen LogP contribution in [0.5, 0.6) is 0 Å². The van der Waals surface area contributed by atoms with Crippen molar-refractivity contribution in [2.24, 2.45) is 0 Å². The van der Waals surface area contributed by atoms with Crippen molar-refractivity contribution in [1.29, 1.82) is 0 Å². The molecule has 1 saturated heterocycles. The Morgan fingerprint density at radius 3 is 3.00 bits per heavy atom. The van der Waals surface area contributed by atoms with E-state index >= 15 is 0 Å². The molecule has 4 heteroatoms. The van der Waals surface area contributed by atoms with E-state index in [2.05, 4.69) is 22.9 Å². The predicted molar refractivity (Wildman–Crippen MR) is 69.2 cm³/mol. The first-order chi connectivity index (χ1) is 7.70. The van der Waals surface area contributed by atoms with E-state index in [1.165, 1.54) is 0 Å². The molecule has 0 radical (unpaired) electrons. The summed E-state index contributed by atoms with van der Waals surface area (Å²) in [7, 11) is 0. The molecular formula is C12H13BrO2S. The molecule has 1 aromatic rings. The Balaban J connectivity index is 2.19. The lowest BCUT2D eigenvalue weighted by Gasteiger charge is -2.14. The fraction of sp³-hybridized carbons (Fsp3) is 0.417. The molecule has 1 aromatic carbocycles. The number of carbonyl (C=O) groups excluding carboxylic acids is 1. The van der Waals surface area contributed by atoms with Crippen LogP contribution in [-0.4, -0.2) is 24.2 Å². The summed E-state index contributed by atoms with van der Waals surface area (Å²) in [6.07, 6.45) is 2.23. The van der Waals surface area contributed by atoms with Gasteiger partial charge in [-0.25, -0.2) is 0 Å². The van der Waals surface area contributed by atoms with Gasteiger partial charge in [-0.3, -0.25) is 4.79 Å². The van der Waals surface area contributed by atoms with E-state index in [9.17, 15) is 4.79 Å². The summed E-state index contributed by atoms with van der Waals surface area (Å²) in [5.74, 6) is 0. The highest BCUT2D eigenvalue weighted by atomic mass is 79.9. The van der Waals surface area contributed by atoms with Crippen LogP contribution >= 0.6 is 27.7 Å². The van der Waals surface area contributed by atoms with Crippen molar-refractivity contribution in [2.75, 3.05) is 6.61 Å². The fourth-order valence-corrected chi connectivity index (χ4v) is 3.51. The zero-order valence-electron chi connectivity index (χ0n) is 8.98. The number of ether oxygens (including phenoxy) is 1. The van der Waals surface area contributed by atoms with Crippen molar-refractivity contribution in [3.8, 4) is 0 Å². The fourth-order valence-electron chi connectivity index (χ4n) is 1.74. The quantitative estimate of drug-likeness (QED) is 0.799. The Morgan fingerprint density at radius 2 is 2.38 bits per heavy atom. The second kappa shape index (κ2) is 5.34. The summed E-state index contributed by atoms with van der Waals surface area (Å²) in [6, 6.07) is 5.74. The molecule has 0 aromatic heterocycles. The molecule has 2 nitrogen and oxygen atoms in total. The van der Waals surface area contributed by atoms with Gasteiger partial charge in [-0.1, -0.05) is 15.9 Å². The molecule has 0 N–H and O–H groups in total. The molecule has 16 heavy (non-hydrogen) atoms. The van der Waals surface area contributed by atoms with Gasteiger partial charge in [0.05, 0.1) is 6.10 Å². The topological polar surface area (TPSA) is 26.3 Å². The van der Waals surface area contributed by atoms with Gasteiger partial charge in [0.1, 0.15) is 0 Å². The van der Waals surface area contributed by atoms with Crippen molar-refractivity contribution in [2.45, 2.75) is 29.6 Å². The Labute approximate surface area is 108 Å². The van der Waals surface area contributed by atoms with Gasteiger partial charge in [-0.2, -0.15) is 0 Å². The second-order valence-electron chi connectivity index (χ2n) is 3.82. The minimum absolute atomic E-state index is 0.267. The van der Waals surface area contributed by atoms with E-state index in [0.717, 1.165) is 34.2 Å². The third-order valence-electron chi connectivity index (χ3n) is 2.69. The van der Waals surface area contributed by atoms with Gasteiger partial charge in [-0.15, -0.1) is 11.8 Å². The molecular weight excluding hydrogens is 288 g/mol. The summed E-state index contributed by atoms with van der Waals surface area (Å²) >= 11 is 5.17. The van der Waals surface area contributed by atoms with Crippen LogP contribution in [0.1, 0.15) is 23.7 Å². The van der Waals surface area contributed by atoms with Gasteiger partial charge in [0.2, 0.25) is 0 Å². The Morgan fingerprint density at radius 1 is 1.56 bits per heavy atom. The van der Waals surface area contributed by atoms with E-state index in [1.807, 2.05) is 18.2 Å². The van der Waals surface area contributed by atoms with E-state index < -0.39 is 0 Å². The number of benzene rings is 1. The maximum Gasteiger partial charge on any atom is 0.151 e. The van der Waals surface area contributed by atoms with E-state index in [4.69, 9.17) is 4.74 Å². The molecule has 1 fully saturated rings. The van der Waals surface area contributed by atoms with Crippen molar-refractivity contribution in [3.63, 3.8) is 0 Å². The summed E-state index contributed by atoms with van der Waals surface area (Å²) in [4.78, 5) is 12.0. The lowest BCUT2D eigenvalue weighted by atomic mass is 10.2. The van der Waals surface area contributed by atoms with Crippen LogP contribution in [0.25, 0.3) is 0 Å². The van der Waals surface area contributed by atoms with Crippen molar-refractivity contribution in [1.82, 2.24) is 0 Å². The molecule has 0 amide bonds. The molecule has 1 aliphatic heterocycles. The van der Waals surface area contributed by atoms with Crippen LogP contribution in [0.4, 0.5) is 0 Å².